The Bertz CT molecular complexity index is 637. The molecular formula is C17H19N3O2. The molecule has 114 valence electrons. The molecule has 2 N–H and O–H groups in total. The Morgan fingerprint density at radius 1 is 1.18 bits per heavy atom. The van der Waals surface area contributed by atoms with Gasteiger partial charge in [0.1, 0.15) is 0 Å². The fraction of sp³-hybridized carbons (Fsp3) is 0.294. The highest BCUT2D eigenvalue weighted by Crippen LogP contribution is 2.41. The van der Waals surface area contributed by atoms with Crippen molar-refractivity contribution in [2.24, 2.45) is 0 Å². The molecule has 1 aromatic carbocycles. The predicted molar refractivity (Wildman–Crippen MR) is 84.9 cm³/mol. The maximum atomic E-state index is 12.3. The summed E-state index contributed by atoms with van der Waals surface area (Å²) in [5, 5.41) is 5.93. The highest BCUT2D eigenvalue weighted by molar-refractivity contribution is 5.89. The van der Waals surface area contributed by atoms with E-state index in [1.54, 1.807) is 25.4 Å². The lowest BCUT2D eigenvalue weighted by Crippen LogP contribution is -2.52. The zero-order valence-electron chi connectivity index (χ0n) is 12.5. The molecule has 0 aliphatic heterocycles. The van der Waals surface area contributed by atoms with Crippen LogP contribution in [0.25, 0.3) is 0 Å². The third kappa shape index (κ3) is 2.88. The average Bonchev–Trinajstić information content (AvgIpc) is 2.52. The minimum absolute atomic E-state index is 0.212. The summed E-state index contributed by atoms with van der Waals surface area (Å²) in [6, 6.07) is 13.4. The lowest BCUT2D eigenvalue weighted by atomic mass is 9.72. The van der Waals surface area contributed by atoms with Crippen LogP contribution in [0.3, 0.4) is 0 Å². The topological polar surface area (TPSA) is 63.2 Å². The number of methoxy groups -OCH3 is 1. The van der Waals surface area contributed by atoms with Crippen LogP contribution in [-0.4, -0.2) is 18.1 Å². The maximum absolute atomic E-state index is 12.3. The number of nitrogens with zero attached hydrogens (tertiary/aromatic N) is 1. The highest BCUT2D eigenvalue weighted by atomic mass is 16.5. The van der Waals surface area contributed by atoms with Crippen molar-refractivity contribution in [3.63, 3.8) is 0 Å². The second-order valence-corrected chi connectivity index (χ2v) is 5.47. The fourth-order valence-electron chi connectivity index (χ4n) is 2.73. The van der Waals surface area contributed by atoms with Gasteiger partial charge in [0.2, 0.25) is 5.88 Å². The summed E-state index contributed by atoms with van der Waals surface area (Å²) in [4.78, 5) is 16.3. The van der Waals surface area contributed by atoms with Crippen molar-refractivity contribution < 1.29 is 9.53 Å². The van der Waals surface area contributed by atoms with Gasteiger partial charge in [-0.15, -0.1) is 0 Å². The number of carbonyl (C=O) groups is 1. The largest absolute Gasteiger partial charge is 0.481 e. The van der Waals surface area contributed by atoms with E-state index in [-0.39, 0.29) is 11.6 Å². The minimum Gasteiger partial charge on any atom is -0.481 e. The Morgan fingerprint density at radius 3 is 2.50 bits per heavy atom. The Hall–Kier alpha value is -2.56. The van der Waals surface area contributed by atoms with Gasteiger partial charge in [0.05, 0.1) is 24.5 Å². The molecule has 0 saturated heterocycles. The summed E-state index contributed by atoms with van der Waals surface area (Å²) in [5.41, 5.74) is 1.55. The van der Waals surface area contributed by atoms with Crippen molar-refractivity contribution in [1.29, 1.82) is 0 Å². The van der Waals surface area contributed by atoms with Crippen molar-refractivity contribution in [3.8, 4) is 5.88 Å². The van der Waals surface area contributed by atoms with Crippen LogP contribution >= 0.6 is 0 Å². The lowest BCUT2D eigenvalue weighted by Gasteiger charge is -2.43. The molecule has 2 amide bonds. The smallest absolute Gasteiger partial charge is 0.319 e. The summed E-state index contributed by atoms with van der Waals surface area (Å²) in [5.74, 6) is 0.519. The zero-order chi connectivity index (χ0) is 15.4. The lowest BCUT2D eigenvalue weighted by molar-refractivity contribution is 0.185. The van der Waals surface area contributed by atoms with Crippen LogP contribution < -0.4 is 15.4 Å². The van der Waals surface area contributed by atoms with Crippen LogP contribution in [0.5, 0.6) is 5.88 Å². The first-order chi connectivity index (χ1) is 10.7. The second kappa shape index (κ2) is 6.05. The third-order valence-electron chi connectivity index (χ3n) is 4.09. The standard InChI is InChI=1S/C17H19N3O2/c1-22-15-9-8-14(12-18-15)19-16(21)20-17(10-5-11-17)13-6-3-2-4-7-13/h2-4,6-9,12H,5,10-11H2,1H3,(H2,19,20,21). The number of ether oxygens (including phenoxy) is 1. The van der Waals surface area contributed by atoms with E-state index in [0.717, 1.165) is 24.8 Å². The first-order valence-electron chi connectivity index (χ1n) is 7.37. The second-order valence-electron chi connectivity index (χ2n) is 5.47. The van der Waals surface area contributed by atoms with Crippen molar-refractivity contribution >= 4 is 11.7 Å². The van der Waals surface area contributed by atoms with Crippen LogP contribution in [0.15, 0.2) is 48.7 Å². The number of hydrogen-bond acceptors (Lipinski definition) is 3. The van der Waals surface area contributed by atoms with Gasteiger partial charge in [-0.2, -0.15) is 0 Å². The number of pyridine rings is 1. The van der Waals surface area contributed by atoms with Gasteiger partial charge < -0.3 is 15.4 Å². The van der Waals surface area contributed by atoms with Gasteiger partial charge in [0, 0.05) is 6.07 Å². The number of nitrogens with one attached hydrogen (secondary N) is 2. The van der Waals surface area contributed by atoms with E-state index in [1.165, 1.54) is 0 Å². The van der Waals surface area contributed by atoms with Crippen molar-refractivity contribution in [2.75, 3.05) is 12.4 Å². The van der Waals surface area contributed by atoms with Crippen LogP contribution in [0, 0.1) is 0 Å². The summed E-state index contributed by atoms with van der Waals surface area (Å²) < 4.78 is 5.00. The maximum Gasteiger partial charge on any atom is 0.319 e. The van der Waals surface area contributed by atoms with Crippen LogP contribution in [0.2, 0.25) is 0 Å². The number of hydrogen-bond donors (Lipinski definition) is 2. The van der Waals surface area contributed by atoms with Gasteiger partial charge >= 0.3 is 6.03 Å². The molecule has 5 heteroatoms. The zero-order valence-corrected chi connectivity index (χ0v) is 12.5. The van der Waals surface area contributed by atoms with E-state index >= 15 is 0 Å². The van der Waals surface area contributed by atoms with Crippen molar-refractivity contribution in [2.45, 2.75) is 24.8 Å². The van der Waals surface area contributed by atoms with Gasteiger partial charge in [-0.1, -0.05) is 30.3 Å². The van der Waals surface area contributed by atoms with Gasteiger partial charge in [-0.3, -0.25) is 0 Å². The fourth-order valence-corrected chi connectivity index (χ4v) is 2.73. The molecule has 0 atom stereocenters. The van der Waals surface area contributed by atoms with Crippen LogP contribution in [0.1, 0.15) is 24.8 Å². The van der Waals surface area contributed by atoms with Gasteiger partial charge in [0.25, 0.3) is 0 Å². The van der Waals surface area contributed by atoms with E-state index in [1.807, 2.05) is 18.2 Å². The first-order valence-corrected chi connectivity index (χ1v) is 7.37. The normalized spacial score (nSPS) is 15.5. The number of rotatable bonds is 4. The van der Waals surface area contributed by atoms with E-state index in [4.69, 9.17) is 4.74 Å². The highest BCUT2D eigenvalue weighted by Gasteiger charge is 2.39. The number of aromatic nitrogens is 1. The molecule has 1 fully saturated rings. The minimum atomic E-state index is -0.245. The molecule has 1 heterocycles. The van der Waals surface area contributed by atoms with E-state index in [9.17, 15) is 4.79 Å². The predicted octanol–water partition coefficient (Wildman–Crippen LogP) is 3.29. The number of amides is 2. The van der Waals surface area contributed by atoms with Crippen LogP contribution in [0.4, 0.5) is 10.5 Å². The number of anilines is 1. The molecule has 0 unspecified atom stereocenters. The molecule has 1 aromatic heterocycles. The van der Waals surface area contributed by atoms with Crippen molar-refractivity contribution in [3.05, 3.63) is 54.2 Å². The summed E-state index contributed by atoms with van der Waals surface area (Å²) >= 11 is 0. The molecule has 0 radical (unpaired) electrons. The number of carbonyl (C=O) groups excluding carboxylic acids is 1. The molecule has 5 nitrogen and oxygen atoms in total. The Labute approximate surface area is 129 Å². The molecule has 0 spiro atoms. The third-order valence-corrected chi connectivity index (χ3v) is 4.09. The molecular weight excluding hydrogens is 278 g/mol. The van der Waals surface area contributed by atoms with Gasteiger partial charge in [-0.25, -0.2) is 9.78 Å². The Morgan fingerprint density at radius 2 is 1.95 bits per heavy atom. The van der Waals surface area contributed by atoms with Crippen LogP contribution in [-0.2, 0) is 5.54 Å². The summed E-state index contributed by atoms with van der Waals surface area (Å²) in [6.45, 7) is 0. The SMILES string of the molecule is COc1ccc(NC(=O)NC2(c3ccccc3)CCC2)cn1. The Balaban J connectivity index is 1.67. The molecule has 3 rings (SSSR count). The van der Waals surface area contributed by atoms with Crippen molar-refractivity contribution in [1.82, 2.24) is 10.3 Å². The van der Waals surface area contributed by atoms with Gasteiger partial charge in [0.15, 0.2) is 0 Å². The monoisotopic (exact) mass is 297 g/mol. The first kappa shape index (κ1) is 14.4. The molecule has 2 aromatic rings. The molecule has 1 saturated carbocycles. The van der Waals surface area contributed by atoms with E-state index in [2.05, 4.69) is 27.8 Å². The van der Waals surface area contributed by atoms with E-state index < -0.39 is 0 Å². The van der Waals surface area contributed by atoms with E-state index in [0.29, 0.717) is 11.6 Å². The quantitative estimate of drug-likeness (QED) is 0.910. The molecule has 0 bridgehead atoms. The Kier molecular flexibility index (Phi) is 3.96. The number of benzene rings is 1. The summed E-state index contributed by atoms with van der Waals surface area (Å²) in [6.07, 6.45) is 4.63. The molecule has 1 aliphatic rings. The molecule has 22 heavy (non-hydrogen) atoms. The number of urea groups is 1. The average molecular weight is 297 g/mol. The molecule has 1 aliphatic carbocycles. The van der Waals surface area contributed by atoms with Gasteiger partial charge in [-0.05, 0) is 30.9 Å². The summed E-state index contributed by atoms with van der Waals surface area (Å²) in [7, 11) is 1.56.